The number of likely N-dealkylation sites (tertiary alicyclic amines) is 1. The molecule has 1 aromatic rings. The minimum Gasteiger partial charge on any atom is -0.477 e. The van der Waals surface area contributed by atoms with Crippen molar-refractivity contribution in [2.45, 2.75) is 39.0 Å². The van der Waals surface area contributed by atoms with Crippen molar-refractivity contribution in [3.63, 3.8) is 0 Å². The Morgan fingerprint density at radius 3 is 2.80 bits per heavy atom. The topological polar surface area (TPSA) is 41.6 Å². The fourth-order valence-electron chi connectivity index (χ4n) is 2.12. The lowest BCUT2D eigenvalue weighted by Crippen LogP contribution is -2.29. The molecular weight excluding hydrogens is 259 g/mol. The SMILES string of the molecule is CC(C)NCc1ccc(OC2CCN(C)C2=O)c(F)c1. The lowest BCUT2D eigenvalue weighted by Gasteiger charge is -2.14. The summed E-state index contributed by atoms with van der Waals surface area (Å²) < 4.78 is 19.5. The van der Waals surface area contributed by atoms with Crippen molar-refractivity contribution in [2.24, 2.45) is 0 Å². The fraction of sp³-hybridized carbons (Fsp3) is 0.533. The number of rotatable bonds is 5. The Kier molecular flexibility index (Phi) is 4.60. The van der Waals surface area contributed by atoms with Crippen molar-refractivity contribution in [3.05, 3.63) is 29.6 Å². The molecule has 1 aliphatic heterocycles. The van der Waals surface area contributed by atoms with Crippen molar-refractivity contribution >= 4 is 5.91 Å². The van der Waals surface area contributed by atoms with Crippen LogP contribution in [0.2, 0.25) is 0 Å². The van der Waals surface area contributed by atoms with Crippen molar-refractivity contribution in [3.8, 4) is 5.75 Å². The zero-order valence-electron chi connectivity index (χ0n) is 12.1. The molecule has 1 aromatic carbocycles. The summed E-state index contributed by atoms with van der Waals surface area (Å²) in [6.45, 7) is 5.34. The summed E-state index contributed by atoms with van der Waals surface area (Å²) in [6, 6.07) is 5.21. The van der Waals surface area contributed by atoms with E-state index in [4.69, 9.17) is 4.74 Å². The summed E-state index contributed by atoms with van der Waals surface area (Å²) in [5, 5.41) is 3.23. The number of halogens is 1. The lowest BCUT2D eigenvalue weighted by molar-refractivity contribution is -0.132. The van der Waals surface area contributed by atoms with Crippen LogP contribution in [0.15, 0.2) is 18.2 Å². The van der Waals surface area contributed by atoms with E-state index in [9.17, 15) is 9.18 Å². The van der Waals surface area contributed by atoms with Gasteiger partial charge in [0.25, 0.3) is 5.91 Å². The van der Waals surface area contributed by atoms with Crippen LogP contribution in [0.25, 0.3) is 0 Å². The predicted molar refractivity (Wildman–Crippen MR) is 75.0 cm³/mol. The molecule has 1 aliphatic rings. The fourth-order valence-corrected chi connectivity index (χ4v) is 2.12. The maximum Gasteiger partial charge on any atom is 0.263 e. The Morgan fingerprint density at radius 1 is 1.50 bits per heavy atom. The van der Waals surface area contributed by atoms with Gasteiger partial charge in [-0.25, -0.2) is 4.39 Å². The van der Waals surface area contributed by atoms with Crippen LogP contribution >= 0.6 is 0 Å². The lowest BCUT2D eigenvalue weighted by atomic mass is 10.2. The quantitative estimate of drug-likeness (QED) is 0.896. The molecule has 0 bridgehead atoms. The molecule has 1 N–H and O–H groups in total. The van der Waals surface area contributed by atoms with Crippen LogP contribution in [0, 0.1) is 5.82 Å². The van der Waals surface area contributed by atoms with Crippen LogP contribution in [0.4, 0.5) is 4.39 Å². The number of carbonyl (C=O) groups is 1. The number of likely N-dealkylation sites (N-methyl/N-ethyl adjacent to an activating group) is 1. The molecule has 1 atom stereocenters. The van der Waals surface area contributed by atoms with Gasteiger partial charge >= 0.3 is 0 Å². The molecule has 1 saturated heterocycles. The maximum absolute atomic E-state index is 14.0. The van der Waals surface area contributed by atoms with Gasteiger partial charge in [0.05, 0.1) is 0 Å². The first kappa shape index (κ1) is 14.8. The average molecular weight is 280 g/mol. The summed E-state index contributed by atoms with van der Waals surface area (Å²) >= 11 is 0. The van der Waals surface area contributed by atoms with E-state index < -0.39 is 11.9 Å². The molecule has 20 heavy (non-hydrogen) atoms. The summed E-state index contributed by atoms with van der Waals surface area (Å²) in [5.74, 6) is -0.364. The number of amides is 1. The molecular formula is C15H21FN2O2. The van der Waals surface area contributed by atoms with E-state index in [-0.39, 0.29) is 11.7 Å². The molecule has 2 rings (SSSR count). The van der Waals surface area contributed by atoms with E-state index >= 15 is 0 Å². The van der Waals surface area contributed by atoms with Crippen LogP contribution in [0.3, 0.4) is 0 Å². The maximum atomic E-state index is 14.0. The standard InChI is InChI=1S/C15H21FN2O2/c1-10(2)17-9-11-4-5-13(12(16)8-11)20-14-6-7-18(3)15(14)19/h4-5,8,10,14,17H,6-7,9H2,1-3H3. The highest BCUT2D eigenvalue weighted by Gasteiger charge is 2.31. The number of nitrogens with zero attached hydrogens (tertiary/aromatic N) is 1. The van der Waals surface area contributed by atoms with Gasteiger partial charge in [0.1, 0.15) is 0 Å². The van der Waals surface area contributed by atoms with Gasteiger partial charge in [-0.3, -0.25) is 4.79 Å². The number of benzene rings is 1. The number of nitrogens with one attached hydrogen (secondary N) is 1. The monoisotopic (exact) mass is 280 g/mol. The zero-order chi connectivity index (χ0) is 14.7. The Morgan fingerprint density at radius 2 is 2.25 bits per heavy atom. The summed E-state index contributed by atoms with van der Waals surface area (Å²) in [5.41, 5.74) is 0.860. The van der Waals surface area contributed by atoms with E-state index in [1.165, 1.54) is 6.07 Å². The van der Waals surface area contributed by atoms with Crippen LogP contribution in [0.1, 0.15) is 25.8 Å². The molecule has 0 radical (unpaired) electrons. The third-order valence-corrected chi connectivity index (χ3v) is 3.36. The molecule has 1 unspecified atom stereocenters. The zero-order valence-corrected chi connectivity index (χ0v) is 12.1. The molecule has 1 amide bonds. The minimum atomic E-state index is -0.561. The van der Waals surface area contributed by atoms with Gasteiger partial charge in [-0.15, -0.1) is 0 Å². The normalized spacial score (nSPS) is 18.9. The molecule has 110 valence electrons. The molecule has 0 aromatic heterocycles. The van der Waals surface area contributed by atoms with Crippen molar-refractivity contribution < 1.29 is 13.9 Å². The van der Waals surface area contributed by atoms with E-state index in [0.29, 0.717) is 25.6 Å². The largest absolute Gasteiger partial charge is 0.477 e. The Hall–Kier alpha value is -1.62. The summed E-state index contributed by atoms with van der Waals surface area (Å²) in [7, 11) is 1.72. The highest BCUT2D eigenvalue weighted by molar-refractivity contribution is 5.83. The minimum absolute atomic E-state index is 0.0880. The Balaban J connectivity index is 2.01. The average Bonchev–Trinajstić information content (AvgIpc) is 2.71. The number of carbonyl (C=O) groups excluding carboxylic acids is 1. The van der Waals surface area contributed by atoms with Gasteiger partial charge in [0.2, 0.25) is 0 Å². The molecule has 0 saturated carbocycles. The molecule has 0 spiro atoms. The van der Waals surface area contributed by atoms with E-state index in [1.54, 1.807) is 18.0 Å². The van der Waals surface area contributed by atoms with Gasteiger partial charge in [0.15, 0.2) is 17.7 Å². The van der Waals surface area contributed by atoms with Crippen LogP contribution in [-0.4, -0.2) is 36.5 Å². The molecule has 0 aliphatic carbocycles. The van der Waals surface area contributed by atoms with Crippen molar-refractivity contribution in [2.75, 3.05) is 13.6 Å². The third kappa shape index (κ3) is 3.48. The van der Waals surface area contributed by atoms with Gasteiger partial charge in [-0.2, -0.15) is 0 Å². The van der Waals surface area contributed by atoms with E-state index in [1.807, 2.05) is 19.9 Å². The third-order valence-electron chi connectivity index (χ3n) is 3.36. The highest BCUT2D eigenvalue weighted by atomic mass is 19.1. The second kappa shape index (κ2) is 6.22. The predicted octanol–water partition coefficient (Wildman–Crippen LogP) is 1.93. The Bertz CT molecular complexity index is 491. The molecule has 1 heterocycles. The number of hydrogen-bond acceptors (Lipinski definition) is 3. The van der Waals surface area contributed by atoms with Gasteiger partial charge < -0.3 is 15.0 Å². The van der Waals surface area contributed by atoms with E-state index in [0.717, 1.165) is 5.56 Å². The Labute approximate surface area is 118 Å². The van der Waals surface area contributed by atoms with Crippen molar-refractivity contribution in [1.82, 2.24) is 10.2 Å². The highest BCUT2D eigenvalue weighted by Crippen LogP contribution is 2.23. The summed E-state index contributed by atoms with van der Waals surface area (Å²) in [6.07, 6.45) is 0.0416. The first-order valence-corrected chi connectivity index (χ1v) is 6.91. The van der Waals surface area contributed by atoms with Crippen LogP contribution in [0.5, 0.6) is 5.75 Å². The first-order chi connectivity index (χ1) is 9.47. The molecule has 4 nitrogen and oxygen atoms in total. The number of hydrogen-bond donors (Lipinski definition) is 1. The smallest absolute Gasteiger partial charge is 0.263 e. The molecule has 1 fully saturated rings. The second-order valence-electron chi connectivity index (χ2n) is 5.46. The summed E-state index contributed by atoms with van der Waals surface area (Å²) in [4.78, 5) is 13.3. The van der Waals surface area contributed by atoms with Crippen LogP contribution in [-0.2, 0) is 11.3 Å². The van der Waals surface area contributed by atoms with Gasteiger partial charge in [-0.05, 0) is 17.7 Å². The first-order valence-electron chi connectivity index (χ1n) is 6.91. The van der Waals surface area contributed by atoms with Crippen LogP contribution < -0.4 is 10.1 Å². The second-order valence-corrected chi connectivity index (χ2v) is 5.46. The van der Waals surface area contributed by atoms with Gasteiger partial charge in [0, 0.05) is 32.6 Å². The molecule has 5 heteroatoms. The van der Waals surface area contributed by atoms with E-state index in [2.05, 4.69) is 5.32 Å². The van der Waals surface area contributed by atoms with Crippen molar-refractivity contribution in [1.29, 1.82) is 0 Å². The number of ether oxygens (including phenoxy) is 1. The van der Waals surface area contributed by atoms with Gasteiger partial charge in [-0.1, -0.05) is 19.9 Å².